The Bertz CT molecular complexity index is 1210. The van der Waals surface area contributed by atoms with E-state index < -0.39 is 11.8 Å². The third-order valence-corrected chi connectivity index (χ3v) is 6.49. The maximum atomic E-state index is 13.5. The summed E-state index contributed by atoms with van der Waals surface area (Å²) in [5, 5.41) is 3.76. The van der Waals surface area contributed by atoms with Crippen molar-refractivity contribution in [1.29, 1.82) is 0 Å². The molecule has 3 rings (SSSR count). The Balaban J connectivity index is 1.97. The van der Waals surface area contributed by atoms with Crippen LogP contribution in [0.1, 0.15) is 53.3 Å². The Morgan fingerprint density at radius 1 is 0.971 bits per heavy atom. The number of nitrogens with zero attached hydrogens (tertiary/aromatic N) is 1. The average molecular weight is 491 g/mol. The molecule has 35 heavy (non-hydrogen) atoms. The highest BCUT2D eigenvalue weighted by Crippen LogP contribution is 2.33. The summed E-state index contributed by atoms with van der Waals surface area (Å²) in [6.07, 6.45) is 1.55. The van der Waals surface area contributed by atoms with Gasteiger partial charge in [-0.25, -0.2) is 4.79 Å². The van der Waals surface area contributed by atoms with E-state index in [1.807, 2.05) is 54.6 Å². The van der Waals surface area contributed by atoms with Gasteiger partial charge in [0.1, 0.15) is 10.6 Å². The lowest BCUT2D eigenvalue weighted by Crippen LogP contribution is -2.21. The molecule has 1 aromatic heterocycles. The van der Waals surface area contributed by atoms with E-state index in [2.05, 4.69) is 24.1 Å². The van der Waals surface area contributed by atoms with E-state index in [1.165, 1.54) is 13.0 Å². The number of hydrogen-bond donors (Lipinski definition) is 1. The molecule has 0 aliphatic carbocycles. The molecule has 0 aliphatic rings. The molecule has 0 saturated heterocycles. The van der Waals surface area contributed by atoms with Crippen LogP contribution in [-0.2, 0) is 9.53 Å². The minimum absolute atomic E-state index is 0.0787. The molecule has 0 bridgehead atoms. The minimum Gasteiger partial charge on any atom is -0.462 e. The summed E-state index contributed by atoms with van der Waals surface area (Å²) < 4.78 is 5.18. The highest BCUT2D eigenvalue weighted by Gasteiger charge is 2.25. The normalized spacial score (nSPS) is 11.1. The number of benzene rings is 2. The van der Waals surface area contributed by atoms with Gasteiger partial charge in [-0.05, 0) is 69.7 Å². The van der Waals surface area contributed by atoms with Crippen molar-refractivity contribution < 1.29 is 19.1 Å². The van der Waals surface area contributed by atoms with Crippen LogP contribution in [0, 0.1) is 0 Å². The van der Waals surface area contributed by atoms with Crippen molar-refractivity contribution in [1.82, 2.24) is 0 Å². The number of ketones is 2. The van der Waals surface area contributed by atoms with Crippen LogP contribution in [0.2, 0.25) is 0 Å². The van der Waals surface area contributed by atoms with Crippen molar-refractivity contribution in [3.8, 4) is 0 Å². The first-order valence-corrected chi connectivity index (χ1v) is 12.4. The summed E-state index contributed by atoms with van der Waals surface area (Å²) in [5.74, 6) is -1.35. The van der Waals surface area contributed by atoms with Crippen molar-refractivity contribution in [2.75, 3.05) is 29.9 Å². The Hall–Kier alpha value is -3.71. The van der Waals surface area contributed by atoms with Crippen LogP contribution in [0.25, 0.3) is 6.08 Å². The first kappa shape index (κ1) is 25.9. The summed E-state index contributed by atoms with van der Waals surface area (Å²) in [4.78, 5) is 41.0. The van der Waals surface area contributed by atoms with Crippen molar-refractivity contribution in [3.63, 3.8) is 0 Å². The van der Waals surface area contributed by atoms with Crippen LogP contribution in [0.15, 0.2) is 66.2 Å². The number of rotatable bonds is 11. The van der Waals surface area contributed by atoms with Gasteiger partial charge in [-0.1, -0.05) is 30.3 Å². The van der Waals surface area contributed by atoms with Gasteiger partial charge >= 0.3 is 5.97 Å². The second kappa shape index (κ2) is 12.1. The Labute approximate surface area is 210 Å². The standard InChI is InChI=1S/C28H30N2O4S/c1-5-30(6-2)22-15-13-20(14-16-22)17-24(28(33)34-7-3)26(32)25-18-23(19(4)31)27(35-25)29-21-11-9-8-10-12-21/h8-18,29H,5-7H2,1-4H3/b24-17-. The molecule has 0 fully saturated rings. The van der Waals surface area contributed by atoms with Gasteiger partial charge in [0, 0.05) is 24.5 Å². The van der Waals surface area contributed by atoms with Gasteiger partial charge in [0.05, 0.1) is 17.0 Å². The molecule has 3 aromatic rings. The van der Waals surface area contributed by atoms with Gasteiger partial charge in [0.25, 0.3) is 0 Å². The van der Waals surface area contributed by atoms with E-state index in [0.29, 0.717) is 16.1 Å². The lowest BCUT2D eigenvalue weighted by atomic mass is 10.0. The molecular weight excluding hydrogens is 460 g/mol. The number of carbonyl (C=O) groups excluding carboxylic acids is 3. The van der Waals surface area contributed by atoms with E-state index in [4.69, 9.17) is 4.74 Å². The summed E-state index contributed by atoms with van der Waals surface area (Å²) in [6.45, 7) is 9.24. The fraction of sp³-hybridized carbons (Fsp3) is 0.250. The molecule has 1 N–H and O–H groups in total. The Morgan fingerprint density at radius 2 is 1.63 bits per heavy atom. The van der Waals surface area contributed by atoms with Crippen LogP contribution in [-0.4, -0.2) is 37.2 Å². The molecule has 0 saturated carbocycles. The Morgan fingerprint density at radius 3 is 2.20 bits per heavy atom. The van der Waals surface area contributed by atoms with E-state index >= 15 is 0 Å². The number of ether oxygens (including phenoxy) is 1. The van der Waals surface area contributed by atoms with E-state index in [9.17, 15) is 14.4 Å². The van der Waals surface area contributed by atoms with Gasteiger partial charge in [0.15, 0.2) is 5.78 Å². The van der Waals surface area contributed by atoms with E-state index in [1.54, 1.807) is 13.0 Å². The van der Waals surface area contributed by atoms with Gasteiger partial charge in [-0.2, -0.15) is 0 Å². The number of esters is 1. The zero-order valence-corrected chi connectivity index (χ0v) is 21.3. The molecular formula is C28H30N2O4S. The third kappa shape index (κ3) is 6.45. The number of nitrogens with one attached hydrogen (secondary N) is 1. The molecule has 0 unspecified atom stereocenters. The highest BCUT2D eigenvalue weighted by molar-refractivity contribution is 7.18. The van der Waals surface area contributed by atoms with E-state index in [-0.39, 0.29) is 22.8 Å². The monoisotopic (exact) mass is 490 g/mol. The van der Waals surface area contributed by atoms with Gasteiger partial charge in [-0.15, -0.1) is 11.3 Å². The third-order valence-electron chi connectivity index (χ3n) is 5.44. The molecule has 6 nitrogen and oxygen atoms in total. The molecule has 2 aromatic carbocycles. The van der Waals surface area contributed by atoms with Crippen molar-refractivity contribution >= 4 is 51.3 Å². The highest BCUT2D eigenvalue weighted by atomic mass is 32.1. The number of hydrogen-bond acceptors (Lipinski definition) is 7. The molecule has 0 radical (unpaired) electrons. The van der Waals surface area contributed by atoms with Crippen molar-refractivity contribution in [2.24, 2.45) is 0 Å². The first-order valence-electron chi connectivity index (χ1n) is 11.6. The maximum absolute atomic E-state index is 13.5. The number of thiophene rings is 1. The SMILES string of the molecule is CCOC(=O)/C(=C\c1ccc(N(CC)CC)cc1)C(=O)c1cc(C(C)=O)c(Nc2ccccc2)s1. The second-order valence-electron chi connectivity index (χ2n) is 7.77. The zero-order valence-electron chi connectivity index (χ0n) is 20.5. The molecule has 182 valence electrons. The van der Waals surface area contributed by atoms with Gasteiger partial charge in [-0.3, -0.25) is 9.59 Å². The fourth-order valence-corrected chi connectivity index (χ4v) is 4.69. The lowest BCUT2D eigenvalue weighted by molar-refractivity contribution is -0.137. The maximum Gasteiger partial charge on any atom is 0.342 e. The van der Waals surface area contributed by atoms with Crippen LogP contribution >= 0.6 is 11.3 Å². The smallest absolute Gasteiger partial charge is 0.342 e. The molecule has 7 heteroatoms. The summed E-state index contributed by atoms with van der Waals surface area (Å²) in [7, 11) is 0. The predicted octanol–water partition coefficient (Wildman–Crippen LogP) is 6.37. The number of carbonyl (C=O) groups is 3. The Kier molecular flexibility index (Phi) is 8.98. The van der Waals surface area contributed by atoms with Crippen LogP contribution < -0.4 is 10.2 Å². The summed E-state index contributed by atoms with van der Waals surface area (Å²) in [5.41, 5.74) is 2.89. The largest absolute Gasteiger partial charge is 0.462 e. The molecule has 0 atom stereocenters. The lowest BCUT2D eigenvalue weighted by Gasteiger charge is -2.20. The fourth-order valence-electron chi connectivity index (χ4n) is 3.61. The zero-order chi connectivity index (χ0) is 25.4. The minimum atomic E-state index is -0.694. The van der Waals surface area contributed by atoms with Gasteiger partial charge < -0.3 is 15.0 Å². The molecule has 0 spiro atoms. The quantitative estimate of drug-likeness (QED) is 0.111. The van der Waals surface area contributed by atoms with Crippen molar-refractivity contribution in [2.45, 2.75) is 27.7 Å². The molecule has 0 aliphatic heterocycles. The number of anilines is 3. The van der Waals surface area contributed by atoms with Crippen molar-refractivity contribution in [3.05, 3.63) is 82.2 Å². The van der Waals surface area contributed by atoms with Gasteiger partial charge in [0.2, 0.25) is 5.78 Å². The molecule has 1 heterocycles. The number of para-hydroxylation sites is 1. The van der Waals surface area contributed by atoms with E-state index in [0.717, 1.165) is 35.8 Å². The first-order chi connectivity index (χ1) is 16.9. The summed E-state index contributed by atoms with van der Waals surface area (Å²) >= 11 is 1.14. The number of Topliss-reactive ketones (excluding diaryl/α,β-unsaturated/α-hetero) is 2. The predicted molar refractivity (Wildman–Crippen MR) is 143 cm³/mol. The average Bonchev–Trinajstić information content (AvgIpc) is 3.28. The summed E-state index contributed by atoms with van der Waals surface area (Å²) in [6, 6.07) is 18.6. The second-order valence-corrected chi connectivity index (χ2v) is 8.82. The molecule has 0 amide bonds. The van der Waals surface area contributed by atoms with Crippen LogP contribution in [0.4, 0.5) is 16.4 Å². The van der Waals surface area contributed by atoms with Crippen LogP contribution in [0.3, 0.4) is 0 Å². The van der Waals surface area contributed by atoms with Crippen LogP contribution in [0.5, 0.6) is 0 Å². The topological polar surface area (TPSA) is 75.7 Å².